The fraction of sp³-hybridized carbons (Fsp3) is 0.473. The maximum Gasteiger partial charge on any atom is 0.420 e. The Balaban J connectivity index is 1.34. The van der Waals surface area contributed by atoms with Crippen molar-refractivity contribution < 1.29 is 67.1 Å². The van der Waals surface area contributed by atoms with Crippen molar-refractivity contribution in [3.8, 4) is 0 Å². The van der Waals surface area contributed by atoms with Gasteiger partial charge in [0, 0.05) is 43.1 Å². The second-order valence-corrected chi connectivity index (χ2v) is 26.7. The van der Waals surface area contributed by atoms with Crippen LogP contribution in [0.4, 0.5) is 4.79 Å². The average Bonchev–Trinajstić information content (AvgIpc) is 3.90. The molecule has 1 aliphatic heterocycles. The number of Topliss-reactive ketones (excluding diaryl/α,β-unsaturated/α-hetero) is 1. The molecule has 1 aromatic heterocycles. The van der Waals surface area contributed by atoms with Gasteiger partial charge in [-0.1, -0.05) is 101 Å². The van der Waals surface area contributed by atoms with E-state index in [1.54, 1.807) is 99.6 Å². The van der Waals surface area contributed by atoms with Crippen LogP contribution in [0.2, 0.25) is 18.1 Å². The highest BCUT2D eigenvalue weighted by Crippen LogP contribution is 2.64. The number of nitrogens with zero attached hydrogens (tertiary/aromatic N) is 2. The third kappa shape index (κ3) is 9.25. The minimum Gasteiger partial charge on any atom is -0.456 e. The zero-order valence-electron chi connectivity index (χ0n) is 42.8. The molecule has 388 valence electrons. The summed E-state index contributed by atoms with van der Waals surface area (Å²) in [6.07, 6.45) is -7.39. The summed E-state index contributed by atoms with van der Waals surface area (Å²) in [7, 11) is -2.96. The number of esters is 3. The predicted octanol–water partition coefficient (Wildman–Crippen LogP) is 7.08. The molecule has 2 unspecified atom stereocenters. The molecule has 4 aliphatic rings. The van der Waals surface area contributed by atoms with Crippen LogP contribution in [-0.2, 0) is 42.5 Å². The quantitative estimate of drug-likeness (QED) is 0.0557. The van der Waals surface area contributed by atoms with Crippen molar-refractivity contribution in [2.75, 3.05) is 6.61 Å². The van der Waals surface area contributed by atoms with Crippen molar-refractivity contribution in [1.29, 1.82) is 0 Å². The van der Waals surface area contributed by atoms with Crippen LogP contribution in [0, 0.1) is 16.7 Å². The van der Waals surface area contributed by atoms with E-state index in [1.807, 2.05) is 33.9 Å². The molecule has 2 heterocycles. The van der Waals surface area contributed by atoms with E-state index in [0.29, 0.717) is 11.1 Å². The number of nitrogens with one attached hydrogen (secondary N) is 1. The van der Waals surface area contributed by atoms with E-state index in [4.69, 9.17) is 28.1 Å². The van der Waals surface area contributed by atoms with Crippen LogP contribution >= 0.6 is 0 Å². The normalized spacial score (nSPS) is 29.3. The lowest BCUT2D eigenvalue weighted by Crippen LogP contribution is -2.82. The number of aromatic nitrogens is 2. The first-order valence-electron chi connectivity index (χ1n) is 24.5. The van der Waals surface area contributed by atoms with Crippen molar-refractivity contribution in [2.24, 2.45) is 16.7 Å². The first-order chi connectivity index (χ1) is 34.3. The Morgan fingerprint density at radius 2 is 1.49 bits per heavy atom. The van der Waals surface area contributed by atoms with Crippen molar-refractivity contribution in [2.45, 2.75) is 140 Å². The number of ketones is 1. The maximum atomic E-state index is 16.1. The van der Waals surface area contributed by atoms with Gasteiger partial charge in [-0.3, -0.25) is 14.4 Å². The largest absolute Gasteiger partial charge is 0.456 e. The van der Waals surface area contributed by atoms with Crippen LogP contribution in [0.3, 0.4) is 0 Å². The first-order valence-corrected chi connectivity index (χ1v) is 27.4. The molecule has 73 heavy (non-hydrogen) atoms. The number of rotatable bonds is 12. The van der Waals surface area contributed by atoms with Gasteiger partial charge in [-0.15, -0.1) is 0 Å². The molecule has 11 atom stereocenters. The second-order valence-electron chi connectivity index (χ2n) is 22.0. The Hall–Kier alpha value is -6.31. The fourth-order valence-corrected chi connectivity index (χ4v) is 12.4. The molecule has 17 nitrogen and oxygen atoms in total. The van der Waals surface area contributed by atoms with Crippen molar-refractivity contribution in [3.05, 3.63) is 138 Å². The number of aliphatic hydroxyl groups is 2. The molecule has 1 saturated heterocycles. The van der Waals surface area contributed by atoms with Gasteiger partial charge in [0.1, 0.15) is 30.2 Å². The Kier molecular flexibility index (Phi) is 14.2. The lowest BCUT2D eigenvalue weighted by molar-refractivity contribution is -0.345. The van der Waals surface area contributed by atoms with Gasteiger partial charge in [0.25, 0.3) is 5.91 Å². The summed E-state index contributed by atoms with van der Waals surface area (Å²) in [5.41, 5.74) is -6.95. The van der Waals surface area contributed by atoms with Crippen LogP contribution in [0.5, 0.6) is 0 Å². The number of carbonyl (C=O) groups is 6. The molecule has 3 aliphatic carbocycles. The number of benzene rings is 3. The molecular formula is C55H65N3O14Si. The molecule has 4 aromatic rings. The van der Waals surface area contributed by atoms with Gasteiger partial charge in [0.15, 0.2) is 31.9 Å². The highest BCUT2D eigenvalue weighted by atomic mass is 28.4. The van der Waals surface area contributed by atoms with Crippen molar-refractivity contribution >= 4 is 44.0 Å². The van der Waals surface area contributed by atoms with E-state index in [9.17, 15) is 29.4 Å². The van der Waals surface area contributed by atoms with Gasteiger partial charge in [-0.25, -0.2) is 23.9 Å². The molecule has 0 spiro atoms. The lowest BCUT2D eigenvalue weighted by atomic mass is 9.44. The standard InChI is InChI=1S/C55H65N3O14Si/c1-32-37(68-49(64)43(72-73(9,10)51(3,4)5)41(34-20-14-11-15-21-34)57-47(62)35-22-16-12-17-23-35)29-55(66)46(70-48(63)36-24-18-13-19-25-36)44-53(8,38(60)28-39-54(44,30-67-39)71-33(2)59)45(61)42(40(32)52(55,6)7)69-50(65)58-27-26-56-31-58/h11-27,31,37-39,41-44,46,60,66H,28-30H2,1-10H3,(H,57,62)/t37-,38-,39?,41-,42+,43+,44-,46-,53?,54-,55+/m0/s1. The smallest absolute Gasteiger partial charge is 0.420 e. The summed E-state index contributed by atoms with van der Waals surface area (Å²) in [6.45, 7) is 17.0. The minimum atomic E-state index is -2.96. The number of hydrogen-bond donors (Lipinski definition) is 3. The summed E-state index contributed by atoms with van der Waals surface area (Å²) in [5, 5.41) is 29.2. The Bertz CT molecular complexity index is 2780. The van der Waals surface area contributed by atoms with E-state index in [1.165, 1.54) is 44.7 Å². The van der Waals surface area contributed by atoms with E-state index >= 15 is 9.59 Å². The van der Waals surface area contributed by atoms with E-state index < -0.39 is 126 Å². The monoisotopic (exact) mass is 1020 g/mol. The molecule has 3 fully saturated rings. The highest BCUT2D eigenvalue weighted by Gasteiger charge is 2.78. The number of carbonyl (C=O) groups excluding carboxylic acids is 6. The molecule has 1 amide bonds. The van der Waals surface area contributed by atoms with E-state index in [-0.39, 0.29) is 29.7 Å². The summed E-state index contributed by atoms with van der Waals surface area (Å²) in [4.78, 5) is 91.9. The fourth-order valence-electron chi connectivity index (χ4n) is 11.1. The molecule has 18 heteroatoms. The van der Waals surface area contributed by atoms with Crippen LogP contribution in [0.15, 0.2) is 121 Å². The second kappa shape index (κ2) is 19.5. The number of amides is 1. The number of fused-ring (bicyclic) bond motifs is 5. The van der Waals surface area contributed by atoms with Crippen molar-refractivity contribution in [3.63, 3.8) is 0 Å². The zero-order chi connectivity index (χ0) is 53.1. The maximum absolute atomic E-state index is 16.1. The molecule has 3 aromatic carbocycles. The number of hydrogen-bond acceptors (Lipinski definition) is 15. The number of imidazole rings is 1. The first kappa shape index (κ1) is 53.0. The van der Waals surface area contributed by atoms with Gasteiger partial charge in [-0.05, 0) is 73.0 Å². The number of aliphatic hydroxyl groups excluding tert-OH is 1. The SMILES string of the molecule is CC(=O)O[C@@]12COC1C[C@H](O)C1(C)C(=O)[C@H](OC(=O)n3ccnc3)C3=C(C)[C@@H](OC(=O)[C@H](O[Si](C)(C)C(C)(C)C)[C@@H](NC(=O)c4ccccc4)c4ccccc4)C[C@@](O)([C@@H](OC(=O)c4ccccc4)[C@@H]12)C3(C)C. The van der Waals surface area contributed by atoms with Gasteiger partial charge >= 0.3 is 24.0 Å². The molecule has 2 saturated carbocycles. The van der Waals surface area contributed by atoms with Gasteiger partial charge < -0.3 is 43.6 Å². The predicted molar refractivity (Wildman–Crippen MR) is 266 cm³/mol. The van der Waals surface area contributed by atoms with E-state index in [0.717, 1.165) is 4.57 Å². The summed E-state index contributed by atoms with van der Waals surface area (Å²) >= 11 is 0. The van der Waals surface area contributed by atoms with Gasteiger partial charge in [-0.2, -0.15) is 0 Å². The average molecular weight is 1020 g/mol. The van der Waals surface area contributed by atoms with Crippen molar-refractivity contribution in [1.82, 2.24) is 14.9 Å². The number of ether oxygens (including phenoxy) is 5. The summed E-state index contributed by atoms with van der Waals surface area (Å²) in [5.74, 6) is -5.62. The Morgan fingerprint density at radius 1 is 0.890 bits per heavy atom. The Morgan fingerprint density at radius 3 is 2.04 bits per heavy atom. The minimum absolute atomic E-state index is 0.00229. The van der Waals surface area contributed by atoms with Crippen LogP contribution < -0.4 is 5.32 Å². The molecule has 8 rings (SSSR count). The third-order valence-corrected chi connectivity index (χ3v) is 20.8. The van der Waals surface area contributed by atoms with E-state index in [2.05, 4.69) is 10.3 Å². The molecular weight excluding hydrogens is 955 g/mol. The van der Waals surface area contributed by atoms with Gasteiger partial charge in [0.05, 0.1) is 35.6 Å². The summed E-state index contributed by atoms with van der Waals surface area (Å²) < 4.78 is 39.7. The van der Waals surface area contributed by atoms with Crippen LogP contribution in [0.25, 0.3) is 0 Å². The molecule has 0 radical (unpaired) electrons. The Labute approximate surface area is 425 Å². The van der Waals surface area contributed by atoms with Crippen LogP contribution in [0.1, 0.15) is 101 Å². The topological polar surface area (TPSA) is 228 Å². The zero-order valence-corrected chi connectivity index (χ0v) is 43.8. The molecule has 3 N–H and O–H groups in total. The third-order valence-electron chi connectivity index (χ3n) is 16.3. The van der Waals surface area contributed by atoms with Gasteiger partial charge in [0.2, 0.25) is 0 Å². The lowest BCUT2D eigenvalue weighted by Gasteiger charge is -2.67. The molecule has 2 bridgehead atoms. The highest BCUT2D eigenvalue weighted by molar-refractivity contribution is 6.74. The summed E-state index contributed by atoms with van der Waals surface area (Å²) in [6, 6.07) is 24.1. The van der Waals surface area contributed by atoms with Crippen LogP contribution in [-0.4, -0.2) is 118 Å².